The summed E-state index contributed by atoms with van der Waals surface area (Å²) in [6.07, 6.45) is 1.74. The van der Waals surface area contributed by atoms with Crippen LogP contribution in [0, 0.1) is 6.92 Å². The van der Waals surface area contributed by atoms with Crippen molar-refractivity contribution in [3.8, 4) is 0 Å². The summed E-state index contributed by atoms with van der Waals surface area (Å²) in [6.45, 7) is 4.01. The van der Waals surface area contributed by atoms with Crippen LogP contribution in [0.1, 0.15) is 36.9 Å². The van der Waals surface area contributed by atoms with Gasteiger partial charge in [-0.2, -0.15) is 4.31 Å². The van der Waals surface area contributed by atoms with E-state index in [1.807, 2.05) is 56.3 Å². The highest BCUT2D eigenvalue weighted by Crippen LogP contribution is 2.44. The fraction of sp³-hybridized carbons (Fsp3) is 0.333. The van der Waals surface area contributed by atoms with Gasteiger partial charge in [-0.25, -0.2) is 8.42 Å². The van der Waals surface area contributed by atoms with Crippen LogP contribution in [0.5, 0.6) is 0 Å². The number of aryl methyl sites for hydroxylation is 1. The molecule has 2 aromatic rings. The Balaban J connectivity index is 1.97. The number of hydrogen-bond acceptors (Lipinski definition) is 2. The van der Waals surface area contributed by atoms with Crippen molar-refractivity contribution in [3.63, 3.8) is 0 Å². The first-order valence-electron chi connectivity index (χ1n) is 7.69. The molecule has 0 N–H and O–H groups in total. The number of nitrogens with zero attached hydrogens (tertiary/aromatic N) is 1. The summed E-state index contributed by atoms with van der Waals surface area (Å²) < 4.78 is 27.7. The summed E-state index contributed by atoms with van der Waals surface area (Å²) in [5.41, 5.74) is 2.14. The Kier molecular flexibility index (Phi) is 4.06. The van der Waals surface area contributed by atoms with Crippen LogP contribution < -0.4 is 0 Å². The van der Waals surface area contributed by atoms with E-state index < -0.39 is 10.0 Å². The van der Waals surface area contributed by atoms with E-state index in [1.54, 1.807) is 16.4 Å². The van der Waals surface area contributed by atoms with Crippen LogP contribution in [0.15, 0.2) is 59.5 Å². The molecule has 22 heavy (non-hydrogen) atoms. The van der Waals surface area contributed by atoms with E-state index >= 15 is 0 Å². The highest BCUT2D eigenvalue weighted by atomic mass is 32.2. The molecule has 1 saturated heterocycles. The van der Waals surface area contributed by atoms with Gasteiger partial charge in [0, 0.05) is 6.04 Å². The molecule has 0 aromatic heterocycles. The molecule has 0 amide bonds. The molecule has 0 aliphatic carbocycles. The molecular weight excluding hydrogens is 294 g/mol. The Morgan fingerprint density at radius 3 is 2.27 bits per heavy atom. The lowest BCUT2D eigenvalue weighted by molar-refractivity contribution is 0.107. The molecule has 1 fully saturated rings. The van der Waals surface area contributed by atoms with E-state index in [1.165, 1.54) is 0 Å². The van der Waals surface area contributed by atoms with Crippen LogP contribution in [0.3, 0.4) is 0 Å². The van der Waals surface area contributed by atoms with Gasteiger partial charge in [0.1, 0.15) is 0 Å². The molecule has 0 radical (unpaired) electrons. The van der Waals surface area contributed by atoms with Crippen molar-refractivity contribution < 1.29 is 8.42 Å². The average Bonchev–Trinajstić information content (AvgIpc) is 2.48. The second-order valence-electron chi connectivity index (χ2n) is 5.87. The summed E-state index contributed by atoms with van der Waals surface area (Å²) in [4.78, 5) is 0.386. The number of hydrogen-bond donors (Lipinski definition) is 0. The van der Waals surface area contributed by atoms with Crippen molar-refractivity contribution in [2.45, 2.75) is 43.7 Å². The Morgan fingerprint density at radius 1 is 1.05 bits per heavy atom. The molecule has 2 aromatic carbocycles. The van der Waals surface area contributed by atoms with Gasteiger partial charge in [0.2, 0.25) is 10.0 Å². The van der Waals surface area contributed by atoms with Crippen LogP contribution in [0.4, 0.5) is 0 Å². The molecule has 0 unspecified atom stereocenters. The quantitative estimate of drug-likeness (QED) is 0.858. The maximum Gasteiger partial charge on any atom is 0.243 e. The van der Waals surface area contributed by atoms with E-state index in [-0.39, 0.29) is 12.1 Å². The smallest absolute Gasteiger partial charge is 0.207 e. The molecule has 0 saturated carbocycles. The fourth-order valence-electron chi connectivity index (χ4n) is 3.08. The molecule has 1 aliphatic heterocycles. The minimum absolute atomic E-state index is 0.0440. The van der Waals surface area contributed by atoms with Crippen molar-refractivity contribution >= 4 is 10.0 Å². The lowest BCUT2D eigenvalue weighted by Gasteiger charge is -2.47. The molecule has 0 bridgehead atoms. The predicted octanol–water partition coefficient (Wildman–Crippen LogP) is 3.91. The number of sulfonamides is 1. The Morgan fingerprint density at radius 2 is 1.68 bits per heavy atom. The van der Waals surface area contributed by atoms with Crippen molar-refractivity contribution in [2.24, 2.45) is 0 Å². The molecule has 3 rings (SSSR count). The lowest BCUT2D eigenvalue weighted by Crippen LogP contribution is -2.52. The minimum Gasteiger partial charge on any atom is -0.207 e. The van der Waals surface area contributed by atoms with E-state index in [4.69, 9.17) is 0 Å². The fourth-order valence-corrected chi connectivity index (χ4v) is 4.98. The predicted molar refractivity (Wildman–Crippen MR) is 88.1 cm³/mol. The first kappa shape index (κ1) is 15.3. The van der Waals surface area contributed by atoms with E-state index in [9.17, 15) is 8.42 Å². The van der Waals surface area contributed by atoms with E-state index in [0.717, 1.165) is 24.0 Å². The van der Waals surface area contributed by atoms with Crippen LogP contribution in [-0.4, -0.2) is 18.8 Å². The van der Waals surface area contributed by atoms with Gasteiger partial charge >= 0.3 is 0 Å². The largest absolute Gasteiger partial charge is 0.243 e. The molecule has 1 heterocycles. The molecule has 116 valence electrons. The van der Waals surface area contributed by atoms with Crippen molar-refractivity contribution in [1.29, 1.82) is 0 Å². The van der Waals surface area contributed by atoms with Crippen molar-refractivity contribution in [1.82, 2.24) is 4.31 Å². The maximum absolute atomic E-state index is 13.0. The highest BCUT2D eigenvalue weighted by Gasteiger charge is 2.46. The zero-order valence-corrected chi connectivity index (χ0v) is 13.8. The summed E-state index contributed by atoms with van der Waals surface area (Å²) in [7, 11) is -3.44. The topological polar surface area (TPSA) is 37.4 Å². The van der Waals surface area contributed by atoms with Crippen molar-refractivity contribution in [3.05, 3.63) is 65.7 Å². The molecule has 2 atom stereocenters. The van der Waals surface area contributed by atoms with Gasteiger partial charge in [-0.15, -0.1) is 0 Å². The number of benzene rings is 2. The van der Waals surface area contributed by atoms with Gasteiger partial charge in [0.15, 0.2) is 0 Å². The standard InChI is InChI=1S/C18H21NO2S/c1-3-16-13-18(15-7-5-4-6-8-15)19(16)22(20,21)17-11-9-14(2)10-12-17/h4-12,16,18H,3,13H2,1-2H3/t16-,18+/m1/s1. The summed E-state index contributed by atoms with van der Waals surface area (Å²) in [5, 5.41) is 0. The third kappa shape index (κ3) is 2.57. The van der Waals surface area contributed by atoms with Crippen LogP contribution in [0.2, 0.25) is 0 Å². The molecular formula is C18H21NO2S. The van der Waals surface area contributed by atoms with Gasteiger partial charge in [0.25, 0.3) is 0 Å². The van der Waals surface area contributed by atoms with Crippen molar-refractivity contribution in [2.75, 3.05) is 0 Å². The third-order valence-electron chi connectivity index (χ3n) is 4.41. The van der Waals surface area contributed by atoms with Gasteiger partial charge in [-0.3, -0.25) is 0 Å². The lowest BCUT2D eigenvalue weighted by atomic mass is 9.89. The summed E-state index contributed by atoms with van der Waals surface area (Å²) in [5.74, 6) is 0. The normalized spacial score (nSPS) is 22.3. The maximum atomic E-state index is 13.0. The first-order chi connectivity index (χ1) is 10.5. The van der Waals surface area contributed by atoms with Gasteiger partial charge in [-0.05, 0) is 37.5 Å². The van der Waals surface area contributed by atoms with Gasteiger partial charge < -0.3 is 0 Å². The molecule has 1 aliphatic rings. The van der Waals surface area contributed by atoms with Gasteiger partial charge in [-0.1, -0.05) is 55.0 Å². The zero-order valence-electron chi connectivity index (χ0n) is 12.9. The summed E-state index contributed by atoms with van der Waals surface area (Å²) >= 11 is 0. The second-order valence-corrected chi connectivity index (χ2v) is 7.72. The average molecular weight is 315 g/mol. The Labute approximate surface area is 132 Å². The third-order valence-corrected chi connectivity index (χ3v) is 6.39. The van der Waals surface area contributed by atoms with E-state index in [2.05, 4.69) is 0 Å². The molecule has 0 spiro atoms. The molecule has 4 heteroatoms. The van der Waals surface area contributed by atoms with Crippen LogP contribution >= 0.6 is 0 Å². The second kappa shape index (κ2) is 5.86. The van der Waals surface area contributed by atoms with Crippen LogP contribution in [0.25, 0.3) is 0 Å². The monoisotopic (exact) mass is 315 g/mol. The molecule has 3 nitrogen and oxygen atoms in total. The highest BCUT2D eigenvalue weighted by molar-refractivity contribution is 7.89. The number of rotatable bonds is 4. The Bertz CT molecular complexity index is 738. The SMILES string of the molecule is CC[C@@H]1C[C@@H](c2ccccc2)N1S(=O)(=O)c1ccc(C)cc1. The van der Waals surface area contributed by atoms with Crippen LogP contribution in [-0.2, 0) is 10.0 Å². The van der Waals surface area contributed by atoms with E-state index in [0.29, 0.717) is 4.90 Å². The van der Waals surface area contributed by atoms with Gasteiger partial charge in [0.05, 0.1) is 10.9 Å². The zero-order chi connectivity index (χ0) is 15.7. The Hall–Kier alpha value is -1.65. The first-order valence-corrected chi connectivity index (χ1v) is 9.13. The summed E-state index contributed by atoms with van der Waals surface area (Å²) in [6, 6.07) is 17.1. The minimum atomic E-state index is -3.44.